The maximum absolute atomic E-state index is 14.3. The van der Waals surface area contributed by atoms with Gasteiger partial charge in [-0.15, -0.1) is 0 Å². The molecule has 2 rings (SSSR count). The second-order valence-corrected chi connectivity index (χ2v) is 5.21. The molecule has 0 fully saturated rings. The van der Waals surface area contributed by atoms with Gasteiger partial charge in [-0.25, -0.2) is 9.37 Å². The molecule has 24 heavy (non-hydrogen) atoms. The van der Waals surface area contributed by atoms with Crippen LogP contribution in [0.25, 0.3) is 5.69 Å². The maximum Gasteiger partial charge on any atom is 0.253 e. The molecule has 0 saturated carbocycles. The second kappa shape index (κ2) is 8.56. The van der Waals surface area contributed by atoms with E-state index in [0.717, 1.165) is 0 Å². The minimum Gasteiger partial charge on any atom is -0.379 e. The number of imidazole rings is 1. The Kier molecular flexibility index (Phi) is 6.45. The van der Waals surface area contributed by atoms with Gasteiger partial charge in [-0.2, -0.15) is 0 Å². The smallest absolute Gasteiger partial charge is 0.253 e. The number of nitrogens with one attached hydrogen (secondary N) is 1. The van der Waals surface area contributed by atoms with E-state index in [1.807, 2.05) is 6.92 Å². The number of amides is 1. The Morgan fingerprint density at radius 1 is 1.42 bits per heavy atom. The van der Waals surface area contributed by atoms with Crippen molar-refractivity contribution in [2.45, 2.75) is 26.9 Å². The minimum absolute atomic E-state index is 0.329. The van der Waals surface area contributed by atoms with Crippen LogP contribution in [0.3, 0.4) is 0 Å². The molecule has 1 heterocycles. The molecule has 130 valence electrons. The monoisotopic (exact) mass is 335 g/mol. The van der Waals surface area contributed by atoms with Gasteiger partial charge >= 0.3 is 0 Å². The molecular formula is C17H22FN3O3. The first-order chi connectivity index (χ1) is 11.5. The predicted octanol–water partition coefficient (Wildman–Crippen LogP) is 2.70. The van der Waals surface area contributed by atoms with Crippen LogP contribution >= 0.6 is 0 Å². The Hall–Kier alpha value is -2.25. The highest BCUT2D eigenvalue weighted by Gasteiger charge is 2.15. The molecular weight excluding hydrogens is 313 g/mol. The lowest BCUT2D eigenvalue weighted by atomic mass is 10.2. The molecule has 6 nitrogen and oxygen atoms in total. The number of aromatic nitrogens is 2. The summed E-state index contributed by atoms with van der Waals surface area (Å²) in [7, 11) is 0. The Balaban J connectivity index is 1.97. The molecule has 1 N–H and O–H groups in total. The fourth-order valence-corrected chi connectivity index (χ4v) is 2.16. The molecule has 1 aromatic heterocycles. The van der Waals surface area contributed by atoms with Gasteiger partial charge < -0.3 is 19.4 Å². The Bertz CT molecular complexity index is 687. The van der Waals surface area contributed by atoms with E-state index in [-0.39, 0.29) is 5.91 Å². The number of ether oxygens (including phenoxy) is 2. The second-order valence-electron chi connectivity index (χ2n) is 5.21. The van der Waals surface area contributed by atoms with Crippen LogP contribution in [0.4, 0.5) is 10.1 Å². The predicted molar refractivity (Wildman–Crippen MR) is 88.8 cm³/mol. The van der Waals surface area contributed by atoms with Crippen molar-refractivity contribution in [3.8, 4) is 5.69 Å². The Morgan fingerprint density at radius 3 is 2.83 bits per heavy atom. The van der Waals surface area contributed by atoms with Crippen LogP contribution in [0.5, 0.6) is 0 Å². The van der Waals surface area contributed by atoms with Crippen LogP contribution in [0, 0.1) is 12.7 Å². The number of aryl methyl sites for hydroxylation is 1. The van der Waals surface area contributed by atoms with E-state index in [4.69, 9.17) is 9.47 Å². The molecule has 0 saturated heterocycles. The number of benzene rings is 1. The topological polar surface area (TPSA) is 65.4 Å². The molecule has 1 atom stereocenters. The summed E-state index contributed by atoms with van der Waals surface area (Å²) in [6, 6.07) is 4.52. The highest BCUT2D eigenvalue weighted by molar-refractivity contribution is 5.94. The van der Waals surface area contributed by atoms with Gasteiger partial charge in [0, 0.05) is 24.7 Å². The van der Waals surface area contributed by atoms with E-state index in [1.165, 1.54) is 6.07 Å². The standard InChI is InChI=1S/C17H22FN3O3/c1-4-23-9-10-24-12(2)17(22)20-14-5-6-16(15(18)11-14)21-8-7-19-13(21)3/h5-8,11-12H,4,9-10H2,1-3H3,(H,20,22)/t12-/m0/s1. The van der Waals surface area contributed by atoms with E-state index in [9.17, 15) is 9.18 Å². The molecule has 0 bridgehead atoms. The van der Waals surface area contributed by atoms with Crippen molar-refractivity contribution in [1.29, 1.82) is 0 Å². The zero-order valence-corrected chi connectivity index (χ0v) is 14.1. The third kappa shape index (κ3) is 4.62. The van der Waals surface area contributed by atoms with Gasteiger partial charge in [0.1, 0.15) is 17.7 Å². The molecule has 2 aromatic rings. The summed E-state index contributed by atoms with van der Waals surface area (Å²) in [6.45, 7) is 6.68. The highest BCUT2D eigenvalue weighted by Crippen LogP contribution is 2.19. The van der Waals surface area contributed by atoms with Gasteiger partial charge in [-0.05, 0) is 39.0 Å². The largest absolute Gasteiger partial charge is 0.379 e. The van der Waals surface area contributed by atoms with Crippen LogP contribution in [-0.2, 0) is 14.3 Å². The number of rotatable bonds is 8. The number of carbonyl (C=O) groups is 1. The molecule has 7 heteroatoms. The summed E-state index contributed by atoms with van der Waals surface area (Å²) in [5.74, 6) is -0.0988. The minimum atomic E-state index is -0.649. The number of halogens is 1. The highest BCUT2D eigenvalue weighted by atomic mass is 19.1. The number of carbonyl (C=O) groups excluding carboxylic acids is 1. The van der Waals surface area contributed by atoms with Crippen LogP contribution in [0.2, 0.25) is 0 Å². The van der Waals surface area contributed by atoms with Gasteiger partial charge in [0.2, 0.25) is 0 Å². The van der Waals surface area contributed by atoms with Crippen LogP contribution in [0.1, 0.15) is 19.7 Å². The van der Waals surface area contributed by atoms with E-state index in [0.29, 0.717) is 37.0 Å². The first-order valence-electron chi connectivity index (χ1n) is 7.83. The lowest BCUT2D eigenvalue weighted by Crippen LogP contribution is -2.29. The van der Waals surface area contributed by atoms with E-state index in [1.54, 1.807) is 42.9 Å². The molecule has 0 spiro atoms. The van der Waals surface area contributed by atoms with Gasteiger partial charge in [0.25, 0.3) is 5.91 Å². The Morgan fingerprint density at radius 2 is 2.21 bits per heavy atom. The summed E-state index contributed by atoms with van der Waals surface area (Å²) >= 11 is 0. The summed E-state index contributed by atoms with van der Waals surface area (Å²) < 4.78 is 26.4. The van der Waals surface area contributed by atoms with Crippen molar-refractivity contribution in [2.24, 2.45) is 0 Å². The number of nitrogens with zero attached hydrogens (tertiary/aromatic N) is 2. The van der Waals surface area contributed by atoms with Crippen LogP contribution < -0.4 is 5.32 Å². The van der Waals surface area contributed by atoms with Gasteiger partial charge in [-0.3, -0.25) is 4.79 Å². The number of hydrogen-bond donors (Lipinski definition) is 1. The lowest BCUT2D eigenvalue weighted by Gasteiger charge is -2.14. The molecule has 0 radical (unpaired) electrons. The summed E-state index contributed by atoms with van der Waals surface area (Å²) in [6.07, 6.45) is 2.63. The maximum atomic E-state index is 14.3. The quantitative estimate of drug-likeness (QED) is 0.753. The molecule has 0 unspecified atom stereocenters. The van der Waals surface area contributed by atoms with Crippen molar-refractivity contribution in [1.82, 2.24) is 9.55 Å². The molecule has 0 aliphatic rings. The van der Waals surface area contributed by atoms with Crippen LogP contribution in [0.15, 0.2) is 30.6 Å². The van der Waals surface area contributed by atoms with Crippen LogP contribution in [-0.4, -0.2) is 41.4 Å². The Labute approximate surface area is 140 Å². The fraction of sp³-hybridized carbons (Fsp3) is 0.412. The normalized spacial score (nSPS) is 12.2. The lowest BCUT2D eigenvalue weighted by molar-refractivity contribution is -0.127. The first-order valence-corrected chi connectivity index (χ1v) is 7.83. The van der Waals surface area contributed by atoms with Crippen molar-refractivity contribution < 1.29 is 18.7 Å². The van der Waals surface area contributed by atoms with Gasteiger partial charge in [0.05, 0.1) is 18.9 Å². The van der Waals surface area contributed by atoms with E-state index >= 15 is 0 Å². The average molecular weight is 335 g/mol. The zero-order valence-electron chi connectivity index (χ0n) is 14.1. The number of hydrogen-bond acceptors (Lipinski definition) is 4. The molecule has 1 aromatic carbocycles. The molecule has 1 amide bonds. The number of anilines is 1. The average Bonchev–Trinajstić information content (AvgIpc) is 2.97. The van der Waals surface area contributed by atoms with Gasteiger partial charge in [-0.1, -0.05) is 0 Å². The van der Waals surface area contributed by atoms with Crippen molar-refractivity contribution >= 4 is 11.6 Å². The van der Waals surface area contributed by atoms with Crippen molar-refractivity contribution in [3.63, 3.8) is 0 Å². The zero-order chi connectivity index (χ0) is 17.5. The first kappa shape index (κ1) is 18.1. The summed E-state index contributed by atoms with van der Waals surface area (Å²) in [4.78, 5) is 16.1. The molecule has 0 aliphatic carbocycles. The summed E-state index contributed by atoms with van der Waals surface area (Å²) in [5, 5.41) is 2.64. The third-order valence-corrected chi connectivity index (χ3v) is 3.47. The van der Waals surface area contributed by atoms with E-state index < -0.39 is 11.9 Å². The van der Waals surface area contributed by atoms with Gasteiger partial charge in [0.15, 0.2) is 0 Å². The van der Waals surface area contributed by atoms with Crippen molar-refractivity contribution in [2.75, 3.05) is 25.1 Å². The van der Waals surface area contributed by atoms with E-state index in [2.05, 4.69) is 10.3 Å². The fourth-order valence-electron chi connectivity index (χ4n) is 2.16. The third-order valence-electron chi connectivity index (χ3n) is 3.47. The van der Waals surface area contributed by atoms with Crippen molar-refractivity contribution in [3.05, 3.63) is 42.2 Å². The molecule has 0 aliphatic heterocycles. The summed E-state index contributed by atoms with van der Waals surface area (Å²) in [5.41, 5.74) is 0.753. The SMILES string of the molecule is CCOCCO[C@@H](C)C(=O)Nc1ccc(-n2ccnc2C)c(F)c1.